The third kappa shape index (κ3) is 3.09. The molecule has 1 heterocycles. The zero-order valence-electron chi connectivity index (χ0n) is 10.6. The van der Waals surface area contributed by atoms with Gasteiger partial charge in [0.1, 0.15) is 36.3 Å². The Balaban J connectivity index is 2.11. The molecule has 2 rings (SSSR count). The first-order valence-corrected chi connectivity index (χ1v) is 6.25. The van der Waals surface area contributed by atoms with Crippen molar-refractivity contribution in [2.75, 3.05) is 6.61 Å². The molecule has 112 valence electrons. The maximum absolute atomic E-state index is 9.84. The first-order chi connectivity index (χ1) is 9.54. The topological polar surface area (TPSA) is 120 Å². The van der Waals surface area contributed by atoms with Crippen LogP contribution in [0, 0.1) is 0 Å². The minimum Gasteiger partial charge on any atom is -0.462 e. The van der Waals surface area contributed by atoms with Gasteiger partial charge in [0.25, 0.3) is 0 Å². The lowest BCUT2D eigenvalue weighted by Crippen LogP contribution is -2.62. The van der Waals surface area contributed by atoms with E-state index in [-0.39, 0.29) is 0 Å². The second-order valence-electron chi connectivity index (χ2n) is 4.62. The molecule has 1 aliphatic heterocycles. The predicted octanol–water partition coefficient (Wildman–Crippen LogP) is -1.77. The maximum atomic E-state index is 9.84. The number of hydrogen-bond acceptors (Lipinski definition) is 7. The highest BCUT2D eigenvalue weighted by Gasteiger charge is 2.47. The molecule has 0 radical (unpaired) electrons. The molecule has 0 bridgehead atoms. The van der Waals surface area contributed by atoms with Crippen molar-refractivity contribution in [1.29, 1.82) is 0 Å². The molecular formula is C13H18O7. The predicted molar refractivity (Wildman–Crippen MR) is 66.8 cm³/mol. The number of rotatable bonds is 4. The molecule has 0 spiro atoms. The molecule has 7 nitrogen and oxygen atoms in total. The van der Waals surface area contributed by atoms with Crippen molar-refractivity contribution in [3.8, 4) is 5.75 Å². The number of hydrogen-bond donors (Lipinski definition) is 5. The Labute approximate surface area is 115 Å². The average molecular weight is 286 g/mol. The molecule has 0 saturated carbocycles. The summed E-state index contributed by atoms with van der Waals surface area (Å²) < 4.78 is 10.6. The van der Waals surface area contributed by atoms with Gasteiger partial charge in [0.15, 0.2) is 0 Å². The standard InChI is InChI=1S/C13H18O7/c14-6-8(15)12-10(17)9(16)11(18)13(20-12)19-7-4-2-1-3-5-7/h1-5,8-18H,6H2/t8-,9-,10+,11+,12+,13+/m1/s1. The van der Waals surface area contributed by atoms with Crippen LogP contribution in [-0.4, -0.2) is 68.9 Å². The summed E-state index contributed by atoms with van der Waals surface area (Å²) in [5.74, 6) is 0.400. The van der Waals surface area contributed by atoms with Crippen molar-refractivity contribution >= 4 is 0 Å². The van der Waals surface area contributed by atoms with Crippen LogP contribution in [0.3, 0.4) is 0 Å². The average Bonchev–Trinajstić information content (AvgIpc) is 2.48. The van der Waals surface area contributed by atoms with E-state index in [9.17, 15) is 20.4 Å². The van der Waals surface area contributed by atoms with Crippen LogP contribution >= 0.6 is 0 Å². The highest BCUT2D eigenvalue weighted by molar-refractivity contribution is 5.21. The molecule has 1 aromatic rings. The number of para-hydroxylation sites is 1. The van der Waals surface area contributed by atoms with Crippen molar-refractivity contribution in [1.82, 2.24) is 0 Å². The van der Waals surface area contributed by atoms with Gasteiger partial charge in [-0.15, -0.1) is 0 Å². The van der Waals surface area contributed by atoms with Gasteiger partial charge >= 0.3 is 0 Å². The summed E-state index contributed by atoms with van der Waals surface area (Å²) in [6.45, 7) is -0.650. The Kier molecular flexibility index (Phi) is 4.92. The quantitative estimate of drug-likeness (QED) is 0.444. The largest absolute Gasteiger partial charge is 0.462 e. The molecule has 0 unspecified atom stereocenters. The summed E-state index contributed by atoms with van der Waals surface area (Å²) in [4.78, 5) is 0. The lowest BCUT2D eigenvalue weighted by Gasteiger charge is -2.41. The summed E-state index contributed by atoms with van der Waals surface area (Å²) in [5, 5.41) is 47.8. The SMILES string of the molecule is OC[C@@H](O)[C@@H]1O[C@H](Oc2ccccc2)[C@@H](O)[C@H](O)[C@@H]1O. The van der Waals surface area contributed by atoms with E-state index < -0.39 is 43.4 Å². The first kappa shape index (κ1) is 15.2. The first-order valence-electron chi connectivity index (χ1n) is 6.25. The minimum atomic E-state index is -1.55. The van der Waals surface area contributed by atoms with Crippen LogP contribution < -0.4 is 4.74 Å². The summed E-state index contributed by atoms with van der Waals surface area (Å²) in [6, 6.07) is 8.48. The molecule has 1 fully saturated rings. The Morgan fingerprint density at radius 1 is 1.05 bits per heavy atom. The zero-order chi connectivity index (χ0) is 14.7. The van der Waals surface area contributed by atoms with Gasteiger partial charge in [-0.1, -0.05) is 18.2 Å². The molecule has 20 heavy (non-hydrogen) atoms. The smallest absolute Gasteiger partial charge is 0.229 e. The van der Waals surface area contributed by atoms with Gasteiger partial charge in [-0.2, -0.15) is 0 Å². The fraction of sp³-hybridized carbons (Fsp3) is 0.538. The summed E-state index contributed by atoms with van der Waals surface area (Å²) in [6.07, 6.45) is -8.47. The maximum Gasteiger partial charge on any atom is 0.229 e. The summed E-state index contributed by atoms with van der Waals surface area (Å²) in [5.41, 5.74) is 0. The van der Waals surface area contributed by atoms with Gasteiger partial charge < -0.3 is 35.0 Å². The lowest BCUT2D eigenvalue weighted by molar-refractivity contribution is -0.290. The van der Waals surface area contributed by atoms with Gasteiger partial charge in [-0.05, 0) is 12.1 Å². The minimum absolute atomic E-state index is 0.400. The van der Waals surface area contributed by atoms with Gasteiger partial charge in [0, 0.05) is 0 Å². The van der Waals surface area contributed by atoms with E-state index in [0.29, 0.717) is 5.75 Å². The normalized spacial score (nSPS) is 35.5. The molecule has 7 heteroatoms. The number of benzene rings is 1. The van der Waals surface area contributed by atoms with Crippen LogP contribution in [0.2, 0.25) is 0 Å². The van der Waals surface area contributed by atoms with Crippen molar-refractivity contribution in [3.05, 3.63) is 30.3 Å². The molecule has 5 N–H and O–H groups in total. The Morgan fingerprint density at radius 3 is 2.30 bits per heavy atom. The molecule has 0 amide bonds. The van der Waals surface area contributed by atoms with Crippen LogP contribution in [0.1, 0.15) is 0 Å². The van der Waals surface area contributed by atoms with Gasteiger partial charge in [0.05, 0.1) is 6.61 Å². The number of aliphatic hydroxyl groups excluding tert-OH is 5. The summed E-state index contributed by atoms with van der Waals surface area (Å²) in [7, 11) is 0. The van der Waals surface area contributed by atoms with E-state index in [1.165, 1.54) is 0 Å². The second kappa shape index (κ2) is 6.49. The highest BCUT2D eigenvalue weighted by Crippen LogP contribution is 2.25. The third-order valence-electron chi connectivity index (χ3n) is 3.17. The lowest BCUT2D eigenvalue weighted by atomic mass is 9.95. The van der Waals surface area contributed by atoms with Crippen molar-refractivity contribution < 1.29 is 35.0 Å². The fourth-order valence-electron chi connectivity index (χ4n) is 2.03. The third-order valence-corrected chi connectivity index (χ3v) is 3.17. The molecule has 0 aliphatic carbocycles. The molecule has 1 saturated heterocycles. The molecule has 6 atom stereocenters. The Bertz CT molecular complexity index is 412. The van der Waals surface area contributed by atoms with E-state index >= 15 is 0 Å². The van der Waals surface area contributed by atoms with E-state index in [1.807, 2.05) is 0 Å². The van der Waals surface area contributed by atoms with Crippen molar-refractivity contribution in [2.45, 2.75) is 36.8 Å². The van der Waals surface area contributed by atoms with E-state index in [1.54, 1.807) is 30.3 Å². The van der Waals surface area contributed by atoms with Gasteiger partial charge in [0.2, 0.25) is 6.29 Å². The number of aliphatic hydroxyl groups is 5. The zero-order valence-corrected chi connectivity index (χ0v) is 10.6. The molecular weight excluding hydrogens is 268 g/mol. The van der Waals surface area contributed by atoms with Crippen molar-refractivity contribution in [3.63, 3.8) is 0 Å². The van der Waals surface area contributed by atoms with Crippen molar-refractivity contribution in [2.24, 2.45) is 0 Å². The van der Waals surface area contributed by atoms with Crippen LogP contribution in [-0.2, 0) is 4.74 Å². The van der Waals surface area contributed by atoms with E-state index in [2.05, 4.69) is 0 Å². The second-order valence-corrected chi connectivity index (χ2v) is 4.62. The van der Waals surface area contributed by atoms with Gasteiger partial charge in [-0.3, -0.25) is 0 Å². The van der Waals surface area contributed by atoms with E-state index in [0.717, 1.165) is 0 Å². The monoisotopic (exact) mass is 286 g/mol. The van der Waals surface area contributed by atoms with Crippen LogP contribution in [0.15, 0.2) is 30.3 Å². The number of ether oxygens (including phenoxy) is 2. The Morgan fingerprint density at radius 2 is 1.70 bits per heavy atom. The van der Waals surface area contributed by atoms with E-state index in [4.69, 9.17) is 14.6 Å². The van der Waals surface area contributed by atoms with Gasteiger partial charge in [-0.25, -0.2) is 0 Å². The fourth-order valence-corrected chi connectivity index (χ4v) is 2.03. The van der Waals surface area contributed by atoms with Crippen LogP contribution in [0.25, 0.3) is 0 Å². The molecule has 1 aliphatic rings. The summed E-state index contributed by atoms with van der Waals surface area (Å²) >= 11 is 0. The molecule has 0 aromatic heterocycles. The van der Waals surface area contributed by atoms with Crippen LogP contribution in [0.4, 0.5) is 0 Å². The van der Waals surface area contributed by atoms with Crippen LogP contribution in [0.5, 0.6) is 5.75 Å². The Hall–Kier alpha value is -1.22. The highest BCUT2D eigenvalue weighted by atomic mass is 16.7. The molecule has 1 aromatic carbocycles.